The molecule has 0 bridgehead atoms. The highest BCUT2D eigenvalue weighted by Crippen LogP contribution is 2.21. The fourth-order valence-corrected chi connectivity index (χ4v) is 2.04. The summed E-state index contributed by atoms with van der Waals surface area (Å²) in [5.41, 5.74) is 0.785. The van der Waals surface area contributed by atoms with E-state index in [0.29, 0.717) is 0 Å². The Morgan fingerprint density at radius 2 is 1.89 bits per heavy atom. The van der Waals surface area contributed by atoms with Crippen molar-refractivity contribution in [3.63, 3.8) is 0 Å². The van der Waals surface area contributed by atoms with Gasteiger partial charge in [-0.2, -0.15) is 0 Å². The van der Waals surface area contributed by atoms with Gasteiger partial charge in [0.15, 0.2) is 0 Å². The van der Waals surface area contributed by atoms with Crippen LogP contribution in [-0.2, 0) is 9.59 Å². The van der Waals surface area contributed by atoms with Crippen LogP contribution in [0.3, 0.4) is 0 Å². The molecule has 102 valence electrons. The lowest BCUT2D eigenvalue weighted by atomic mass is 10.2. The Hall–Kier alpha value is -2.08. The Labute approximate surface area is 111 Å². The zero-order valence-electron chi connectivity index (χ0n) is 11.2. The summed E-state index contributed by atoms with van der Waals surface area (Å²) in [5, 5.41) is 5.72. The van der Waals surface area contributed by atoms with E-state index in [9.17, 15) is 9.59 Å². The van der Waals surface area contributed by atoms with Gasteiger partial charge in [-0.05, 0) is 24.3 Å². The van der Waals surface area contributed by atoms with Gasteiger partial charge in [0.05, 0.1) is 13.5 Å². The molecule has 0 saturated carbocycles. The van der Waals surface area contributed by atoms with Crippen LogP contribution in [0, 0.1) is 0 Å². The minimum Gasteiger partial charge on any atom is -0.497 e. The van der Waals surface area contributed by atoms with Crippen LogP contribution in [0.15, 0.2) is 24.3 Å². The summed E-state index contributed by atoms with van der Waals surface area (Å²) in [7, 11) is 4.94. The van der Waals surface area contributed by atoms with Gasteiger partial charge >= 0.3 is 0 Å². The number of nitrogens with one attached hydrogen (secondary N) is 1. The molecule has 0 aromatic heterocycles. The number of hydrazine groups is 1. The lowest BCUT2D eigenvalue weighted by molar-refractivity contribution is -0.152. The van der Waals surface area contributed by atoms with Crippen LogP contribution in [-0.4, -0.2) is 49.1 Å². The highest BCUT2D eigenvalue weighted by atomic mass is 16.5. The summed E-state index contributed by atoms with van der Waals surface area (Å²) in [6.45, 7) is 0. The highest BCUT2D eigenvalue weighted by molar-refractivity contribution is 6.06. The number of amides is 2. The number of methoxy groups -OCH3 is 1. The van der Waals surface area contributed by atoms with E-state index in [0.717, 1.165) is 16.4 Å². The van der Waals surface area contributed by atoms with Crippen molar-refractivity contribution in [3.05, 3.63) is 24.3 Å². The van der Waals surface area contributed by atoms with Crippen molar-refractivity contribution in [1.82, 2.24) is 10.0 Å². The lowest BCUT2D eigenvalue weighted by Crippen LogP contribution is -2.43. The molecule has 1 aromatic carbocycles. The van der Waals surface area contributed by atoms with Gasteiger partial charge in [-0.1, -0.05) is 0 Å². The van der Waals surface area contributed by atoms with Crippen molar-refractivity contribution < 1.29 is 14.3 Å². The third kappa shape index (κ3) is 2.68. The number of nitrogens with zero attached hydrogens (tertiary/aromatic N) is 2. The Kier molecular flexibility index (Phi) is 3.71. The number of imide groups is 1. The molecule has 1 heterocycles. The molecule has 0 spiro atoms. The SMILES string of the molecule is COc1ccc(NC2CC(=O)N(N(C)C)C2=O)cc1. The van der Waals surface area contributed by atoms with E-state index in [4.69, 9.17) is 4.74 Å². The molecule has 1 N–H and O–H groups in total. The molecule has 0 radical (unpaired) electrons. The maximum absolute atomic E-state index is 12.1. The molecule has 2 rings (SSSR count). The first-order valence-electron chi connectivity index (χ1n) is 5.97. The van der Waals surface area contributed by atoms with Crippen molar-refractivity contribution in [2.45, 2.75) is 12.5 Å². The number of carbonyl (C=O) groups excluding carboxylic acids is 2. The number of ether oxygens (including phenoxy) is 1. The molecule has 1 fully saturated rings. The number of hydrogen-bond acceptors (Lipinski definition) is 5. The Bertz CT molecular complexity index is 484. The topological polar surface area (TPSA) is 61.9 Å². The van der Waals surface area contributed by atoms with Gasteiger partial charge in [-0.25, -0.2) is 10.0 Å². The fourth-order valence-electron chi connectivity index (χ4n) is 2.04. The highest BCUT2D eigenvalue weighted by Gasteiger charge is 2.39. The average Bonchev–Trinajstić information content (AvgIpc) is 2.65. The minimum atomic E-state index is -0.511. The van der Waals surface area contributed by atoms with Crippen molar-refractivity contribution in [3.8, 4) is 5.75 Å². The van der Waals surface area contributed by atoms with Gasteiger partial charge in [-0.15, -0.1) is 0 Å². The molecule has 1 unspecified atom stereocenters. The van der Waals surface area contributed by atoms with Crippen molar-refractivity contribution in [2.24, 2.45) is 0 Å². The first kappa shape index (κ1) is 13.4. The summed E-state index contributed by atoms with van der Waals surface area (Å²) >= 11 is 0. The summed E-state index contributed by atoms with van der Waals surface area (Å²) < 4.78 is 5.06. The molecule has 1 atom stereocenters. The van der Waals surface area contributed by atoms with Crippen molar-refractivity contribution >= 4 is 17.5 Å². The monoisotopic (exact) mass is 263 g/mol. The van der Waals surface area contributed by atoms with E-state index < -0.39 is 6.04 Å². The number of anilines is 1. The Morgan fingerprint density at radius 1 is 1.26 bits per heavy atom. The minimum absolute atomic E-state index is 0.170. The molecule has 19 heavy (non-hydrogen) atoms. The first-order chi connectivity index (χ1) is 9.02. The first-order valence-corrected chi connectivity index (χ1v) is 5.97. The smallest absolute Gasteiger partial charge is 0.266 e. The predicted octanol–water partition coefficient (Wildman–Crippen LogP) is 0.711. The van der Waals surface area contributed by atoms with Crippen LogP contribution < -0.4 is 10.1 Å². The fraction of sp³-hybridized carbons (Fsp3) is 0.385. The number of hydrogen-bond donors (Lipinski definition) is 1. The second-order valence-corrected chi connectivity index (χ2v) is 4.52. The molecule has 6 heteroatoms. The van der Waals surface area contributed by atoms with Crippen LogP contribution in [0.1, 0.15) is 6.42 Å². The van der Waals surface area contributed by atoms with Gasteiger partial charge in [0, 0.05) is 19.8 Å². The normalized spacial score (nSPS) is 19.2. The van der Waals surface area contributed by atoms with E-state index in [1.165, 1.54) is 5.01 Å². The summed E-state index contributed by atoms with van der Waals surface area (Å²) in [6.07, 6.45) is 0.170. The van der Waals surface area contributed by atoms with Gasteiger partial charge in [0.1, 0.15) is 11.8 Å². The average molecular weight is 263 g/mol. The van der Waals surface area contributed by atoms with E-state index in [-0.39, 0.29) is 18.2 Å². The standard InChI is InChI=1S/C13H17N3O3/c1-15(2)16-12(17)8-11(13(16)18)14-9-4-6-10(19-3)7-5-9/h4-7,11,14H,8H2,1-3H3. The van der Waals surface area contributed by atoms with Crippen molar-refractivity contribution in [1.29, 1.82) is 0 Å². The number of benzene rings is 1. The Morgan fingerprint density at radius 3 is 2.37 bits per heavy atom. The molecule has 2 amide bonds. The summed E-state index contributed by atoms with van der Waals surface area (Å²) in [6, 6.07) is 6.72. The number of rotatable bonds is 4. The summed E-state index contributed by atoms with van der Waals surface area (Å²) in [5.74, 6) is 0.320. The van der Waals surface area contributed by atoms with E-state index in [1.807, 2.05) is 12.1 Å². The molecule has 1 saturated heterocycles. The van der Waals surface area contributed by atoms with Crippen LogP contribution in [0.4, 0.5) is 5.69 Å². The zero-order valence-corrected chi connectivity index (χ0v) is 11.2. The molecule has 1 aliphatic heterocycles. The lowest BCUT2D eigenvalue weighted by Gasteiger charge is -2.22. The van der Waals surface area contributed by atoms with E-state index in [1.54, 1.807) is 33.3 Å². The van der Waals surface area contributed by atoms with Gasteiger partial charge in [0.25, 0.3) is 5.91 Å². The molecule has 1 aliphatic rings. The molecular formula is C13H17N3O3. The molecule has 0 aliphatic carbocycles. The van der Waals surface area contributed by atoms with Crippen LogP contribution in [0.2, 0.25) is 0 Å². The van der Waals surface area contributed by atoms with Crippen LogP contribution in [0.25, 0.3) is 0 Å². The van der Waals surface area contributed by atoms with Gasteiger partial charge in [-0.3, -0.25) is 9.59 Å². The second kappa shape index (κ2) is 5.27. The van der Waals surface area contributed by atoms with Gasteiger partial charge < -0.3 is 10.1 Å². The third-order valence-electron chi connectivity index (χ3n) is 2.95. The van der Waals surface area contributed by atoms with Crippen molar-refractivity contribution in [2.75, 3.05) is 26.5 Å². The van der Waals surface area contributed by atoms with E-state index in [2.05, 4.69) is 5.32 Å². The zero-order chi connectivity index (χ0) is 14.0. The van der Waals surface area contributed by atoms with Crippen LogP contribution in [0.5, 0.6) is 5.75 Å². The largest absolute Gasteiger partial charge is 0.497 e. The molecule has 6 nitrogen and oxygen atoms in total. The predicted molar refractivity (Wildman–Crippen MR) is 70.6 cm³/mol. The third-order valence-corrected chi connectivity index (χ3v) is 2.95. The number of carbonyl (C=O) groups is 2. The quantitative estimate of drug-likeness (QED) is 0.811. The van der Waals surface area contributed by atoms with Gasteiger partial charge in [0.2, 0.25) is 5.91 Å². The Balaban J connectivity index is 2.07. The summed E-state index contributed by atoms with van der Waals surface area (Å²) in [4.78, 5) is 23.8. The molecular weight excluding hydrogens is 246 g/mol. The van der Waals surface area contributed by atoms with Crippen LogP contribution >= 0.6 is 0 Å². The van der Waals surface area contributed by atoms with E-state index >= 15 is 0 Å². The second-order valence-electron chi connectivity index (χ2n) is 4.52. The molecule has 1 aromatic rings. The maximum Gasteiger partial charge on any atom is 0.266 e. The maximum atomic E-state index is 12.1.